The van der Waals surface area contributed by atoms with Crippen molar-refractivity contribution in [1.82, 2.24) is 24.4 Å². The maximum Gasteiger partial charge on any atom is 0.280 e. The molecule has 0 atom stereocenters. The normalized spacial score (nSPS) is 16.3. The predicted octanol–water partition coefficient (Wildman–Crippen LogP) is 2.77. The minimum atomic E-state index is -0.169. The van der Waals surface area contributed by atoms with Crippen LogP contribution in [0.15, 0.2) is 41.2 Å². The minimum Gasteiger partial charge on any atom is -0.354 e. The van der Waals surface area contributed by atoms with E-state index in [0.717, 1.165) is 72.2 Å². The molecule has 2 N–H and O–H groups in total. The summed E-state index contributed by atoms with van der Waals surface area (Å²) < 4.78 is 1.24. The fraction of sp³-hybridized carbons (Fsp3) is 0.429. The van der Waals surface area contributed by atoms with Crippen molar-refractivity contribution < 1.29 is 4.79 Å². The number of anilines is 1. The van der Waals surface area contributed by atoms with Gasteiger partial charge < -0.3 is 15.6 Å². The van der Waals surface area contributed by atoms with Crippen LogP contribution in [0, 0.1) is 0 Å². The minimum absolute atomic E-state index is 0.0600. The van der Waals surface area contributed by atoms with Crippen LogP contribution in [0.25, 0.3) is 21.1 Å². The van der Waals surface area contributed by atoms with Crippen LogP contribution < -0.4 is 16.3 Å². The van der Waals surface area contributed by atoms with Crippen molar-refractivity contribution in [3.8, 4) is 0 Å². The Hall–Kier alpha value is -3.50. The van der Waals surface area contributed by atoms with Gasteiger partial charge in [-0.3, -0.25) is 14.5 Å². The van der Waals surface area contributed by atoms with E-state index >= 15 is 0 Å². The van der Waals surface area contributed by atoms with Gasteiger partial charge in [-0.1, -0.05) is 18.2 Å². The first-order valence-electron chi connectivity index (χ1n) is 13.4. The quantitative estimate of drug-likeness (QED) is 0.302. The predicted molar refractivity (Wildman–Crippen MR) is 152 cm³/mol. The Morgan fingerprint density at radius 3 is 2.66 bits per heavy atom. The van der Waals surface area contributed by atoms with E-state index in [1.807, 2.05) is 17.0 Å². The van der Waals surface area contributed by atoms with Crippen molar-refractivity contribution in [2.75, 3.05) is 50.0 Å². The summed E-state index contributed by atoms with van der Waals surface area (Å²) >= 11 is 1.53. The van der Waals surface area contributed by atoms with Gasteiger partial charge in [0.05, 0.1) is 17.4 Å². The molecule has 4 aromatic rings. The Balaban J connectivity index is 1.03. The third kappa shape index (κ3) is 4.74. The number of hydrogen-bond acceptors (Lipinski definition) is 8. The number of nitrogens with two attached hydrogens (primary N) is 1. The zero-order valence-corrected chi connectivity index (χ0v) is 22.5. The summed E-state index contributed by atoms with van der Waals surface area (Å²) in [6.45, 7) is 7.75. The molecule has 5 heterocycles. The van der Waals surface area contributed by atoms with Gasteiger partial charge in [0.25, 0.3) is 5.56 Å². The molecule has 0 spiro atoms. The van der Waals surface area contributed by atoms with Crippen LogP contribution >= 0.6 is 11.3 Å². The first kappa shape index (κ1) is 24.8. The number of pyridine rings is 1. The number of carbonyl (C=O) groups is 1. The summed E-state index contributed by atoms with van der Waals surface area (Å²) in [5.74, 6) is 7.95. The number of amides is 1. The Bertz CT molecular complexity index is 1550. The van der Waals surface area contributed by atoms with E-state index in [1.54, 1.807) is 6.92 Å². The van der Waals surface area contributed by atoms with Gasteiger partial charge in [-0.05, 0) is 49.6 Å². The van der Waals surface area contributed by atoms with Crippen LogP contribution in [-0.4, -0.2) is 69.6 Å². The molecule has 2 aliphatic heterocycles. The van der Waals surface area contributed by atoms with Crippen LogP contribution in [0.3, 0.4) is 0 Å². The first-order chi connectivity index (χ1) is 18.5. The maximum absolute atomic E-state index is 13.1. The van der Waals surface area contributed by atoms with Gasteiger partial charge in [0.1, 0.15) is 16.5 Å². The zero-order chi connectivity index (χ0) is 26.2. The van der Waals surface area contributed by atoms with Crippen molar-refractivity contribution in [3.05, 3.63) is 63.0 Å². The van der Waals surface area contributed by atoms with Gasteiger partial charge >= 0.3 is 0 Å². The van der Waals surface area contributed by atoms with Crippen LogP contribution in [0.2, 0.25) is 0 Å². The lowest BCUT2D eigenvalue weighted by molar-refractivity contribution is -0.129. The van der Waals surface area contributed by atoms with Crippen LogP contribution in [-0.2, 0) is 24.2 Å². The van der Waals surface area contributed by atoms with Gasteiger partial charge in [-0.15, -0.1) is 11.3 Å². The number of unbranched alkanes of at least 4 members (excludes halogenated alkanes) is 1. The summed E-state index contributed by atoms with van der Waals surface area (Å²) in [5, 5.41) is 1.81. The Morgan fingerprint density at radius 2 is 1.84 bits per heavy atom. The second-order valence-electron chi connectivity index (χ2n) is 10.2. The molecular weight excluding hydrogens is 498 g/mol. The molecule has 0 saturated carbocycles. The second-order valence-corrected chi connectivity index (χ2v) is 11.3. The number of benzene rings is 1. The molecule has 0 aliphatic carbocycles. The molecule has 198 valence electrons. The van der Waals surface area contributed by atoms with E-state index in [1.165, 1.54) is 21.4 Å². The molecule has 2 aliphatic rings. The number of nitrogens with zero attached hydrogens (tertiary/aromatic N) is 6. The Morgan fingerprint density at radius 1 is 1.03 bits per heavy atom. The van der Waals surface area contributed by atoms with Crippen molar-refractivity contribution in [2.24, 2.45) is 0 Å². The van der Waals surface area contributed by atoms with Crippen molar-refractivity contribution in [1.29, 1.82) is 0 Å². The summed E-state index contributed by atoms with van der Waals surface area (Å²) in [7, 11) is 0. The third-order valence-corrected chi connectivity index (χ3v) is 8.94. The molecule has 3 aromatic heterocycles. The van der Waals surface area contributed by atoms with E-state index < -0.39 is 0 Å². The average Bonchev–Trinajstić information content (AvgIpc) is 3.31. The van der Waals surface area contributed by atoms with E-state index in [9.17, 15) is 9.59 Å². The molecule has 1 aromatic carbocycles. The highest BCUT2D eigenvalue weighted by Gasteiger charge is 2.26. The Labute approximate surface area is 225 Å². The van der Waals surface area contributed by atoms with E-state index in [2.05, 4.69) is 34.1 Å². The number of rotatable bonds is 6. The number of fused-ring (bicyclic) bond motifs is 4. The number of carbonyl (C=O) groups excluding carboxylic acids is 1. The standard InChI is InChI=1S/C28H33N7O2S/c1-19(36)34-13-11-21-23(18-34)38-27-26(21)28(37)35(29)25(31-27)8-4-5-12-32-14-16-33(17-15-32)24-10-9-20-6-2-3-7-22(20)30-24/h2-3,6-7,9-10H,4-5,8,11-18,29H2,1H3. The van der Waals surface area contributed by atoms with Gasteiger partial charge in [-0.25, -0.2) is 14.6 Å². The monoisotopic (exact) mass is 531 g/mol. The lowest BCUT2D eigenvalue weighted by atomic mass is 10.1. The molecule has 1 amide bonds. The van der Waals surface area contributed by atoms with Gasteiger partial charge in [0.2, 0.25) is 5.91 Å². The van der Waals surface area contributed by atoms with Crippen molar-refractivity contribution in [2.45, 2.75) is 39.2 Å². The number of aromatic nitrogens is 3. The van der Waals surface area contributed by atoms with E-state index in [0.29, 0.717) is 37.1 Å². The largest absolute Gasteiger partial charge is 0.354 e. The number of para-hydroxylation sites is 1. The summed E-state index contributed by atoms with van der Waals surface area (Å²) in [6.07, 6.45) is 3.29. The Kier molecular flexibility index (Phi) is 6.75. The number of hydrogen-bond donors (Lipinski definition) is 1. The molecule has 9 nitrogen and oxygen atoms in total. The molecule has 6 rings (SSSR count). The molecule has 38 heavy (non-hydrogen) atoms. The number of nitrogen functional groups attached to an aromatic ring is 1. The molecular formula is C28H33N7O2S. The summed E-state index contributed by atoms with van der Waals surface area (Å²) in [4.78, 5) is 43.0. The fourth-order valence-corrected chi connectivity index (χ4v) is 6.84. The lowest BCUT2D eigenvalue weighted by Crippen LogP contribution is -2.46. The van der Waals surface area contributed by atoms with Gasteiger partial charge in [-0.2, -0.15) is 0 Å². The van der Waals surface area contributed by atoms with Crippen LogP contribution in [0.4, 0.5) is 5.82 Å². The number of aryl methyl sites for hydroxylation is 1. The molecule has 1 fully saturated rings. The van der Waals surface area contributed by atoms with Crippen LogP contribution in [0.1, 0.15) is 36.0 Å². The topological polar surface area (TPSA) is 101 Å². The molecule has 0 bridgehead atoms. The third-order valence-electron chi connectivity index (χ3n) is 7.83. The van der Waals surface area contributed by atoms with E-state index in [4.69, 9.17) is 15.8 Å². The smallest absolute Gasteiger partial charge is 0.280 e. The highest BCUT2D eigenvalue weighted by molar-refractivity contribution is 7.18. The molecule has 10 heteroatoms. The maximum atomic E-state index is 13.1. The highest BCUT2D eigenvalue weighted by atomic mass is 32.1. The fourth-order valence-electron chi connectivity index (χ4n) is 5.59. The zero-order valence-electron chi connectivity index (χ0n) is 21.7. The number of piperazine rings is 1. The van der Waals surface area contributed by atoms with Crippen molar-refractivity contribution >= 4 is 44.2 Å². The molecule has 0 unspecified atom stereocenters. The van der Waals surface area contributed by atoms with Crippen LogP contribution in [0.5, 0.6) is 0 Å². The highest BCUT2D eigenvalue weighted by Crippen LogP contribution is 2.32. The van der Waals surface area contributed by atoms with Gasteiger partial charge in [0.15, 0.2) is 0 Å². The van der Waals surface area contributed by atoms with Crippen molar-refractivity contribution in [3.63, 3.8) is 0 Å². The van der Waals surface area contributed by atoms with E-state index in [-0.39, 0.29) is 11.5 Å². The average molecular weight is 532 g/mol. The SMILES string of the molecule is CC(=O)N1CCc2c(sc3nc(CCCCN4CCN(c5ccc6ccccc6n5)CC4)n(N)c(=O)c23)C1. The molecule has 0 radical (unpaired) electrons. The first-order valence-corrected chi connectivity index (χ1v) is 14.2. The van der Waals surface area contributed by atoms with Gasteiger partial charge in [0, 0.05) is 56.3 Å². The lowest BCUT2D eigenvalue weighted by Gasteiger charge is -2.35. The second kappa shape index (κ2) is 10.3. The number of thiophene rings is 1. The summed E-state index contributed by atoms with van der Waals surface area (Å²) in [5.41, 5.74) is 1.89. The molecule has 1 saturated heterocycles. The summed E-state index contributed by atoms with van der Waals surface area (Å²) in [6, 6.07) is 12.5.